The fourth-order valence-corrected chi connectivity index (χ4v) is 5.84. The molecule has 2 amide bonds. The summed E-state index contributed by atoms with van der Waals surface area (Å²) < 4.78 is 7.27. The van der Waals surface area contributed by atoms with E-state index in [0.29, 0.717) is 30.1 Å². The summed E-state index contributed by atoms with van der Waals surface area (Å²) in [6.07, 6.45) is 6.75. The average Bonchev–Trinajstić information content (AvgIpc) is 3.59. The minimum absolute atomic E-state index is 0.173. The van der Waals surface area contributed by atoms with Crippen LogP contribution in [-0.2, 0) is 35.5 Å². The number of aryl methyl sites for hydroxylation is 1. The second kappa shape index (κ2) is 11.1. The molecule has 10 heteroatoms. The Balaban J connectivity index is 1.30. The number of ether oxygens (including phenoxy) is 1. The van der Waals surface area contributed by atoms with Gasteiger partial charge in [0.05, 0.1) is 24.4 Å². The van der Waals surface area contributed by atoms with Gasteiger partial charge in [-0.3, -0.25) is 9.48 Å². The molecule has 0 aromatic carbocycles. The van der Waals surface area contributed by atoms with Crippen LogP contribution in [0.2, 0.25) is 0 Å². The minimum Gasteiger partial charge on any atom is -0.449 e. The minimum atomic E-state index is -0.455. The lowest BCUT2D eigenvalue weighted by atomic mass is 9.88. The first-order chi connectivity index (χ1) is 16.6. The van der Waals surface area contributed by atoms with Gasteiger partial charge in [-0.1, -0.05) is 6.07 Å². The molecule has 3 aromatic rings. The number of carbonyl (C=O) groups excluding carboxylic acids is 2. The number of aromatic nitrogens is 2. The van der Waals surface area contributed by atoms with Crippen molar-refractivity contribution in [2.75, 3.05) is 11.9 Å². The maximum Gasteiger partial charge on any atom is 0.407 e. The lowest BCUT2D eigenvalue weighted by Crippen LogP contribution is -2.28. The monoisotopic (exact) mass is 495 g/mol. The molecule has 4 rings (SSSR count). The first-order valence-electron chi connectivity index (χ1n) is 11.1. The summed E-state index contributed by atoms with van der Waals surface area (Å²) >= 11 is 2.99. The largest absolute Gasteiger partial charge is 0.449 e. The SMILES string of the molecule is CCn1nccc1CNC(=O)OCC1CCc2c(sc(NC(=O)C=Cc3cccs3)c2C#N)C1. The van der Waals surface area contributed by atoms with Crippen LogP contribution in [0.3, 0.4) is 0 Å². The smallest absolute Gasteiger partial charge is 0.407 e. The summed E-state index contributed by atoms with van der Waals surface area (Å²) in [5.41, 5.74) is 2.46. The van der Waals surface area contributed by atoms with Crippen LogP contribution in [0.5, 0.6) is 0 Å². The number of anilines is 1. The molecule has 2 N–H and O–H groups in total. The molecular weight excluding hydrogens is 470 g/mol. The average molecular weight is 496 g/mol. The van der Waals surface area contributed by atoms with Gasteiger partial charge in [-0.15, -0.1) is 22.7 Å². The molecule has 34 heavy (non-hydrogen) atoms. The molecule has 8 nitrogen and oxygen atoms in total. The van der Waals surface area contributed by atoms with Crippen molar-refractivity contribution in [3.63, 3.8) is 0 Å². The van der Waals surface area contributed by atoms with Gasteiger partial charge in [-0.05, 0) is 61.3 Å². The Morgan fingerprint density at radius 2 is 2.29 bits per heavy atom. The van der Waals surface area contributed by atoms with E-state index in [1.54, 1.807) is 23.6 Å². The van der Waals surface area contributed by atoms with Crippen molar-refractivity contribution in [1.82, 2.24) is 15.1 Å². The molecule has 1 atom stereocenters. The van der Waals surface area contributed by atoms with Gasteiger partial charge in [0.25, 0.3) is 0 Å². The lowest BCUT2D eigenvalue weighted by Gasteiger charge is -2.21. The van der Waals surface area contributed by atoms with Crippen molar-refractivity contribution in [2.24, 2.45) is 5.92 Å². The number of amides is 2. The summed E-state index contributed by atoms with van der Waals surface area (Å²) in [5.74, 6) is -0.0867. The van der Waals surface area contributed by atoms with E-state index in [4.69, 9.17) is 4.74 Å². The molecule has 0 fully saturated rings. The van der Waals surface area contributed by atoms with Crippen LogP contribution in [0.25, 0.3) is 6.08 Å². The molecule has 0 radical (unpaired) electrons. The molecule has 0 aliphatic heterocycles. The van der Waals surface area contributed by atoms with Crippen molar-refractivity contribution in [1.29, 1.82) is 5.26 Å². The molecule has 3 heterocycles. The van der Waals surface area contributed by atoms with Crippen LogP contribution in [0.4, 0.5) is 9.80 Å². The Kier molecular flexibility index (Phi) is 7.77. The highest BCUT2D eigenvalue weighted by atomic mass is 32.1. The van der Waals surface area contributed by atoms with Gasteiger partial charge in [0, 0.05) is 28.6 Å². The standard InChI is InChI=1S/C24H25N5O3S2/c1-2-29-17(9-10-27-29)14-26-24(31)32-15-16-5-7-19-20(13-25)23(34-21(19)12-16)28-22(30)8-6-18-4-3-11-33-18/h3-4,6,8-11,16H,2,5,7,12,14-15H2,1H3,(H,26,31)(H,28,30). The number of alkyl carbamates (subject to hydrolysis) is 1. The number of fused-ring (bicyclic) bond motifs is 1. The molecule has 3 aromatic heterocycles. The Morgan fingerprint density at radius 3 is 3.06 bits per heavy atom. The number of carbonyl (C=O) groups is 2. The van der Waals surface area contributed by atoms with E-state index < -0.39 is 6.09 Å². The summed E-state index contributed by atoms with van der Waals surface area (Å²) in [7, 11) is 0. The fourth-order valence-electron chi connectivity index (χ4n) is 3.90. The lowest BCUT2D eigenvalue weighted by molar-refractivity contribution is -0.111. The van der Waals surface area contributed by atoms with E-state index in [2.05, 4.69) is 21.8 Å². The highest BCUT2D eigenvalue weighted by Crippen LogP contribution is 2.39. The maximum absolute atomic E-state index is 12.4. The highest BCUT2D eigenvalue weighted by Gasteiger charge is 2.27. The number of hydrogen-bond acceptors (Lipinski definition) is 7. The number of nitrogens with zero attached hydrogens (tertiary/aromatic N) is 3. The van der Waals surface area contributed by atoms with Crippen molar-refractivity contribution in [2.45, 2.75) is 39.3 Å². The zero-order chi connectivity index (χ0) is 23.9. The van der Waals surface area contributed by atoms with Gasteiger partial charge in [-0.25, -0.2) is 4.79 Å². The van der Waals surface area contributed by atoms with Crippen molar-refractivity contribution >= 4 is 45.8 Å². The zero-order valence-corrected chi connectivity index (χ0v) is 20.4. The number of nitrogens with one attached hydrogen (secondary N) is 2. The van der Waals surface area contributed by atoms with Crippen LogP contribution in [0, 0.1) is 17.2 Å². The van der Waals surface area contributed by atoms with Gasteiger partial charge < -0.3 is 15.4 Å². The third kappa shape index (κ3) is 5.73. The Bertz CT molecular complexity index is 1220. The highest BCUT2D eigenvalue weighted by molar-refractivity contribution is 7.16. The van der Waals surface area contributed by atoms with E-state index in [9.17, 15) is 14.9 Å². The maximum atomic E-state index is 12.4. The van der Waals surface area contributed by atoms with Gasteiger partial charge in [0.2, 0.25) is 5.91 Å². The molecule has 1 aliphatic rings. The first-order valence-corrected chi connectivity index (χ1v) is 12.8. The topological polar surface area (TPSA) is 109 Å². The van der Waals surface area contributed by atoms with E-state index in [1.807, 2.05) is 35.2 Å². The third-order valence-electron chi connectivity index (χ3n) is 5.63. The number of nitriles is 1. The van der Waals surface area contributed by atoms with Gasteiger partial charge in [-0.2, -0.15) is 10.4 Å². The van der Waals surface area contributed by atoms with Crippen molar-refractivity contribution in [3.05, 3.63) is 62.4 Å². The van der Waals surface area contributed by atoms with Crippen molar-refractivity contribution in [3.8, 4) is 6.07 Å². The van der Waals surface area contributed by atoms with E-state index in [0.717, 1.165) is 40.4 Å². The molecule has 0 saturated heterocycles. The van der Waals surface area contributed by atoms with Crippen LogP contribution < -0.4 is 10.6 Å². The number of thiophene rings is 2. The molecule has 0 bridgehead atoms. The van der Waals surface area contributed by atoms with Gasteiger partial charge >= 0.3 is 6.09 Å². The first kappa shape index (κ1) is 23.7. The second-order valence-electron chi connectivity index (χ2n) is 7.86. The Hall–Kier alpha value is -3.42. The second-order valence-corrected chi connectivity index (χ2v) is 9.94. The zero-order valence-electron chi connectivity index (χ0n) is 18.7. The van der Waals surface area contributed by atoms with E-state index in [-0.39, 0.29) is 11.8 Å². The molecule has 0 spiro atoms. The van der Waals surface area contributed by atoms with Crippen LogP contribution in [0.1, 0.15) is 39.9 Å². The summed E-state index contributed by atoms with van der Waals surface area (Å²) in [4.78, 5) is 26.6. The molecule has 1 aliphatic carbocycles. The molecular formula is C24H25N5O3S2. The molecule has 1 unspecified atom stereocenters. The van der Waals surface area contributed by atoms with E-state index >= 15 is 0 Å². The van der Waals surface area contributed by atoms with Crippen LogP contribution >= 0.6 is 22.7 Å². The predicted octanol–water partition coefficient (Wildman–Crippen LogP) is 4.58. The summed E-state index contributed by atoms with van der Waals surface area (Å²) in [6, 6.07) is 7.98. The molecule has 0 saturated carbocycles. The normalized spacial score (nSPS) is 15.0. The third-order valence-corrected chi connectivity index (χ3v) is 7.63. The predicted molar refractivity (Wildman–Crippen MR) is 133 cm³/mol. The summed E-state index contributed by atoms with van der Waals surface area (Å²) in [6.45, 7) is 3.40. The van der Waals surface area contributed by atoms with Gasteiger partial charge in [0.1, 0.15) is 11.1 Å². The van der Waals surface area contributed by atoms with E-state index in [1.165, 1.54) is 17.4 Å². The Labute approximate surface area is 205 Å². The fraction of sp³-hybridized carbons (Fsp3) is 0.333. The number of rotatable bonds is 8. The van der Waals surface area contributed by atoms with Crippen LogP contribution in [-0.4, -0.2) is 28.4 Å². The quantitative estimate of drug-likeness (QED) is 0.445. The van der Waals surface area contributed by atoms with Gasteiger partial charge in [0.15, 0.2) is 0 Å². The number of hydrogen-bond donors (Lipinski definition) is 2. The van der Waals surface area contributed by atoms with Crippen molar-refractivity contribution < 1.29 is 14.3 Å². The van der Waals surface area contributed by atoms with Crippen LogP contribution in [0.15, 0.2) is 35.9 Å². The summed E-state index contributed by atoms with van der Waals surface area (Å²) in [5, 5.41) is 22.0. The molecule has 176 valence electrons. The Morgan fingerprint density at radius 1 is 1.41 bits per heavy atom.